The van der Waals surface area contributed by atoms with E-state index in [2.05, 4.69) is 16.0 Å². The summed E-state index contributed by atoms with van der Waals surface area (Å²) in [6.45, 7) is 1.67. The molecule has 2 aromatic rings. The summed E-state index contributed by atoms with van der Waals surface area (Å²) < 4.78 is 10.6. The minimum Gasteiger partial charge on any atom is -0.497 e. The van der Waals surface area contributed by atoms with Gasteiger partial charge in [-0.2, -0.15) is 0 Å². The molecular weight excluding hydrogens is 408 g/mol. The van der Waals surface area contributed by atoms with Crippen LogP contribution in [0.3, 0.4) is 0 Å². The van der Waals surface area contributed by atoms with Crippen LogP contribution in [0.1, 0.15) is 10.4 Å². The highest BCUT2D eigenvalue weighted by molar-refractivity contribution is 6.12. The molecule has 3 N–H and O–H groups in total. The van der Waals surface area contributed by atoms with E-state index in [0.29, 0.717) is 22.6 Å². The molecule has 8 nitrogen and oxygen atoms in total. The van der Waals surface area contributed by atoms with E-state index >= 15 is 0 Å². The van der Waals surface area contributed by atoms with Gasteiger partial charge in [0.05, 0.1) is 38.8 Å². The fourth-order valence-electron chi connectivity index (χ4n) is 3.80. The molecule has 1 unspecified atom stereocenters. The van der Waals surface area contributed by atoms with Crippen molar-refractivity contribution in [3.05, 3.63) is 83.3 Å². The lowest BCUT2D eigenvalue weighted by Gasteiger charge is -2.32. The van der Waals surface area contributed by atoms with E-state index in [-0.39, 0.29) is 11.9 Å². The number of carbonyl (C=O) groups excluding carboxylic acids is 1. The summed E-state index contributed by atoms with van der Waals surface area (Å²) >= 11 is 0. The van der Waals surface area contributed by atoms with Crippen LogP contribution in [0.25, 0.3) is 0 Å². The van der Waals surface area contributed by atoms with E-state index in [9.17, 15) is 4.79 Å². The molecule has 0 aromatic heterocycles. The van der Waals surface area contributed by atoms with Gasteiger partial charge in [-0.25, -0.2) is 0 Å². The number of fused-ring (bicyclic) bond motifs is 1. The lowest BCUT2D eigenvalue weighted by molar-refractivity contribution is 0.0254. The summed E-state index contributed by atoms with van der Waals surface area (Å²) in [6.07, 6.45) is 5.46. The minimum absolute atomic E-state index is 0.106. The number of ether oxygens (including phenoxy) is 2. The number of carbonyl (C=O) groups is 1. The fourth-order valence-corrected chi connectivity index (χ4v) is 3.80. The zero-order valence-corrected chi connectivity index (χ0v) is 17.8. The van der Waals surface area contributed by atoms with Crippen LogP contribution in [-0.2, 0) is 4.84 Å². The van der Waals surface area contributed by atoms with Crippen molar-refractivity contribution in [3.63, 3.8) is 0 Å². The normalized spacial score (nSPS) is 18.8. The Bertz CT molecular complexity index is 1110. The monoisotopic (exact) mass is 432 g/mol. The van der Waals surface area contributed by atoms with Crippen LogP contribution >= 0.6 is 0 Å². The van der Waals surface area contributed by atoms with Crippen LogP contribution in [-0.4, -0.2) is 39.3 Å². The third-order valence-electron chi connectivity index (χ3n) is 5.58. The van der Waals surface area contributed by atoms with Gasteiger partial charge >= 0.3 is 0 Å². The van der Waals surface area contributed by atoms with Crippen LogP contribution in [0.15, 0.2) is 77.8 Å². The number of nitrogens with one attached hydrogen (secondary N) is 3. The Balaban J connectivity index is 1.34. The lowest BCUT2D eigenvalue weighted by atomic mass is 9.95. The Morgan fingerprint density at radius 2 is 1.75 bits per heavy atom. The average molecular weight is 432 g/mol. The maximum absolute atomic E-state index is 13.3. The first-order valence-electron chi connectivity index (χ1n) is 10.3. The van der Waals surface area contributed by atoms with Crippen molar-refractivity contribution in [2.75, 3.05) is 37.8 Å². The van der Waals surface area contributed by atoms with Crippen molar-refractivity contribution in [3.8, 4) is 11.5 Å². The Morgan fingerprint density at radius 1 is 1.06 bits per heavy atom. The summed E-state index contributed by atoms with van der Waals surface area (Å²) in [5.41, 5.74) is 4.79. The molecule has 0 aliphatic carbocycles. The van der Waals surface area contributed by atoms with Crippen molar-refractivity contribution in [1.29, 1.82) is 0 Å². The summed E-state index contributed by atoms with van der Waals surface area (Å²) in [5.74, 6) is 1.03. The summed E-state index contributed by atoms with van der Waals surface area (Å²) in [7, 11) is 3.13. The SMILES string of the molecule is COc1cc(OC)cc(C(=O)C2=CNC3NC=C(Nc4ccc(N5CCO5)cc4)C=C23)c1. The number of Topliss-reactive ketones (excluding diaryl/α,β-unsaturated/α-hetero) is 1. The van der Waals surface area contributed by atoms with E-state index in [1.54, 1.807) is 38.6 Å². The van der Waals surface area contributed by atoms with Crippen molar-refractivity contribution < 1.29 is 19.1 Å². The highest BCUT2D eigenvalue weighted by Gasteiger charge is 2.30. The number of ketones is 1. The van der Waals surface area contributed by atoms with Gasteiger partial charge in [-0.1, -0.05) is 0 Å². The van der Waals surface area contributed by atoms with Gasteiger partial charge in [-0.05, 0) is 42.5 Å². The second kappa shape index (κ2) is 8.32. The Kier molecular flexibility index (Phi) is 5.20. The Morgan fingerprint density at radius 3 is 2.38 bits per heavy atom. The average Bonchev–Trinajstić information content (AvgIpc) is 3.21. The number of nitrogens with zero attached hydrogens (tertiary/aromatic N) is 1. The second-order valence-electron chi connectivity index (χ2n) is 7.56. The first kappa shape index (κ1) is 20.0. The molecule has 1 atom stereocenters. The fraction of sp³-hybridized carbons (Fsp3) is 0.208. The zero-order chi connectivity index (χ0) is 22.1. The molecule has 3 aliphatic heterocycles. The molecule has 0 spiro atoms. The van der Waals surface area contributed by atoms with Gasteiger partial charge < -0.3 is 25.4 Å². The summed E-state index contributed by atoms with van der Waals surface area (Å²) in [4.78, 5) is 18.7. The number of anilines is 2. The molecule has 8 heteroatoms. The van der Waals surface area contributed by atoms with E-state index < -0.39 is 0 Å². The van der Waals surface area contributed by atoms with E-state index in [1.807, 2.05) is 41.6 Å². The smallest absolute Gasteiger partial charge is 0.195 e. The molecule has 2 aromatic carbocycles. The molecule has 164 valence electrons. The number of hydrogen-bond donors (Lipinski definition) is 3. The van der Waals surface area contributed by atoms with Gasteiger partial charge in [0.2, 0.25) is 0 Å². The van der Waals surface area contributed by atoms with Crippen LogP contribution in [0, 0.1) is 0 Å². The standard InChI is InChI=1S/C24H24N4O4/c1-30-19-9-15(10-20(12-19)31-2)23(29)22-14-26-24-21(22)11-17(13-25-24)27-16-3-5-18(6-4-16)28-7-8-32-28/h3-6,9-14,24-27H,7-8H2,1-2H3. The second-order valence-corrected chi connectivity index (χ2v) is 7.56. The molecular formula is C24H24N4O4. The van der Waals surface area contributed by atoms with Crippen molar-refractivity contribution in [2.24, 2.45) is 0 Å². The molecule has 0 amide bonds. The van der Waals surface area contributed by atoms with Gasteiger partial charge in [-0.3, -0.25) is 14.7 Å². The number of methoxy groups -OCH3 is 2. The van der Waals surface area contributed by atoms with Crippen LogP contribution in [0.5, 0.6) is 11.5 Å². The summed E-state index contributed by atoms with van der Waals surface area (Å²) in [6, 6.07) is 13.2. The molecule has 1 fully saturated rings. The number of hydrogen-bond acceptors (Lipinski definition) is 8. The van der Waals surface area contributed by atoms with E-state index in [0.717, 1.165) is 35.8 Å². The number of rotatable bonds is 7. The first-order valence-corrected chi connectivity index (χ1v) is 10.3. The number of benzene rings is 2. The van der Waals surface area contributed by atoms with Gasteiger partial charge in [0.1, 0.15) is 17.7 Å². The van der Waals surface area contributed by atoms with Gasteiger partial charge in [0.25, 0.3) is 0 Å². The predicted molar refractivity (Wildman–Crippen MR) is 122 cm³/mol. The molecule has 32 heavy (non-hydrogen) atoms. The highest BCUT2D eigenvalue weighted by Crippen LogP contribution is 2.30. The third-order valence-corrected chi connectivity index (χ3v) is 5.58. The van der Waals surface area contributed by atoms with E-state index in [1.165, 1.54) is 0 Å². The maximum Gasteiger partial charge on any atom is 0.195 e. The molecule has 1 saturated heterocycles. The quantitative estimate of drug-likeness (QED) is 0.576. The molecule has 5 rings (SSSR count). The Hall–Kier alpha value is -3.91. The largest absolute Gasteiger partial charge is 0.497 e. The van der Waals surface area contributed by atoms with Crippen LogP contribution in [0.4, 0.5) is 11.4 Å². The van der Waals surface area contributed by atoms with Gasteiger partial charge in [0.15, 0.2) is 5.78 Å². The maximum atomic E-state index is 13.3. The lowest BCUT2D eigenvalue weighted by Crippen LogP contribution is -2.39. The van der Waals surface area contributed by atoms with Crippen molar-refractivity contribution in [1.82, 2.24) is 10.6 Å². The zero-order valence-electron chi connectivity index (χ0n) is 17.8. The molecule has 0 bridgehead atoms. The third kappa shape index (κ3) is 3.76. The highest BCUT2D eigenvalue weighted by atomic mass is 16.7. The van der Waals surface area contributed by atoms with Crippen molar-refractivity contribution in [2.45, 2.75) is 6.17 Å². The first-order chi connectivity index (χ1) is 15.6. The number of allylic oxidation sites excluding steroid dienone is 1. The van der Waals surface area contributed by atoms with Crippen molar-refractivity contribution >= 4 is 17.2 Å². The molecule has 0 radical (unpaired) electrons. The van der Waals surface area contributed by atoms with Gasteiger partial charge in [-0.15, -0.1) is 0 Å². The summed E-state index contributed by atoms with van der Waals surface area (Å²) in [5, 5.41) is 11.8. The molecule has 3 heterocycles. The topological polar surface area (TPSA) is 84.1 Å². The molecule has 3 aliphatic rings. The van der Waals surface area contributed by atoms with Gasteiger partial charge in [0, 0.05) is 40.9 Å². The number of hydroxylamine groups is 1. The van der Waals surface area contributed by atoms with Crippen LogP contribution in [0.2, 0.25) is 0 Å². The molecule has 0 saturated carbocycles. The van der Waals surface area contributed by atoms with E-state index in [4.69, 9.17) is 14.3 Å². The Labute approximate surface area is 186 Å². The number of dihydropyridines is 1. The minimum atomic E-state index is -0.155. The van der Waals surface area contributed by atoms with Crippen LogP contribution < -0.4 is 30.5 Å². The predicted octanol–water partition coefficient (Wildman–Crippen LogP) is 2.93.